The van der Waals surface area contributed by atoms with Gasteiger partial charge in [-0.1, -0.05) is 12.1 Å². The second-order valence-electron chi connectivity index (χ2n) is 4.83. The number of benzene rings is 2. The van der Waals surface area contributed by atoms with Gasteiger partial charge in [-0.2, -0.15) is 0 Å². The number of hydrogen-bond donors (Lipinski definition) is 3. The fourth-order valence-corrected chi connectivity index (χ4v) is 1.90. The molecule has 0 aliphatic heterocycles. The number of nitrogens with one attached hydrogen (secondary N) is 2. The molecule has 0 saturated carbocycles. The normalized spacial score (nSPS) is 11.6. The van der Waals surface area contributed by atoms with Gasteiger partial charge in [-0.05, 0) is 23.8 Å². The van der Waals surface area contributed by atoms with Gasteiger partial charge in [0.05, 0.1) is 11.0 Å². The summed E-state index contributed by atoms with van der Waals surface area (Å²) in [6, 6.07) is 7.50. The first-order valence-corrected chi connectivity index (χ1v) is 6.79. The van der Waals surface area contributed by atoms with Gasteiger partial charge in [0.1, 0.15) is 0 Å². The summed E-state index contributed by atoms with van der Waals surface area (Å²) >= 11 is 0. The van der Waals surface area contributed by atoms with Crippen LogP contribution >= 0.6 is 0 Å². The van der Waals surface area contributed by atoms with Crippen molar-refractivity contribution in [3.05, 3.63) is 69.8 Å². The Morgan fingerprint density at radius 1 is 1.21 bits per heavy atom. The van der Waals surface area contributed by atoms with Gasteiger partial charge in [-0.25, -0.2) is 13.6 Å². The number of non-ortho nitro benzene ring substituents is 1. The Bertz CT molecular complexity index is 770. The molecule has 0 saturated heterocycles. The van der Waals surface area contributed by atoms with Crippen LogP contribution in [0.1, 0.15) is 11.7 Å². The lowest BCUT2D eigenvalue weighted by Gasteiger charge is -2.13. The Morgan fingerprint density at radius 2 is 1.96 bits per heavy atom. The summed E-state index contributed by atoms with van der Waals surface area (Å²) in [5.41, 5.74) is 0.114. The van der Waals surface area contributed by atoms with E-state index in [1.807, 2.05) is 0 Å². The smallest absolute Gasteiger partial charge is 0.319 e. The van der Waals surface area contributed by atoms with Crippen molar-refractivity contribution in [1.82, 2.24) is 5.32 Å². The molecule has 0 radical (unpaired) electrons. The maximum Gasteiger partial charge on any atom is 0.319 e. The molecule has 0 heterocycles. The first-order chi connectivity index (χ1) is 11.4. The van der Waals surface area contributed by atoms with Gasteiger partial charge in [0.15, 0.2) is 11.6 Å². The van der Waals surface area contributed by atoms with Crippen LogP contribution in [-0.4, -0.2) is 22.6 Å². The van der Waals surface area contributed by atoms with Crippen LogP contribution in [0.15, 0.2) is 42.5 Å². The van der Waals surface area contributed by atoms with Crippen molar-refractivity contribution in [2.75, 3.05) is 11.9 Å². The first kappa shape index (κ1) is 17.3. The van der Waals surface area contributed by atoms with Crippen LogP contribution in [0.25, 0.3) is 0 Å². The van der Waals surface area contributed by atoms with Crippen LogP contribution in [0.3, 0.4) is 0 Å². The number of carbonyl (C=O) groups is 1. The predicted octanol–water partition coefficient (Wildman–Crippen LogP) is 2.73. The van der Waals surface area contributed by atoms with E-state index >= 15 is 0 Å². The fourth-order valence-electron chi connectivity index (χ4n) is 1.90. The SMILES string of the molecule is O=C(NC[C@H](O)c1ccc(F)c(F)c1)Nc1cccc([N+](=O)[O-])c1. The number of carbonyl (C=O) groups excluding carboxylic acids is 1. The Balaban J connectivity index is 1.91. The molecule has 7 nitrogen and oxygen atoms in total. The molecule has 2 aromatic carbocycles. The molecule has 9 heteroatoms. The lowest BCUT2D eigenvalue weighted by molar-refractivity contribution is -0.384. The van der Waals surface area contributed by atoms with E-state index in [0.29, 0.717) is 0 Å². The Morgan fingerprint density at radius 3 is 2.62 bits per heavy atom. The maximum absolute atomic E-state index is 13.1. The van der Waals surface area contributed by atoms with E-state index in [0.717, 1.165) is 12.1 Å². The molecule has 0 fully saturated rings. The minimum atomic E-state index is -1.24. The van der Waals surface area contributed by atoms with Crippen molar-refractivity contribution in [1.29, 1.82) is 0 Å². The molecule has 126 valence electrons. The third-order valence-corrected chi connectivity index (χ3v) is 3.10. The van der Waals surface area contributed by atoms with Gasteiger partial charge in [0, 0.05) is 24.4 Å². The molecular formula is C15H13F2N3O4. The average molecular weight is 337 g/mol. The Labute approximate surface area is 135 Å². The highest BCUT2D eigenvalue weighted by Crippen LogP contribution is 2.17. The molecule has 2 rings (SSSR count). The highest BCUT2D eigenvalue weighted by atomic mass is 19.2. The summed E-state index contributed by atoms with van der Waals surface area (Å²) in [4.78, 5) is 21.8. The number of aliphatic hydroxyl groups excluding tert-OH is 1. The van der Waals surface area contributed by atoms with E-state index in [1.54, 1.807) is 0 Å². The van der Waals surface area contributed by atoms with Crippen LogP contribution in [0, 0.1) is 21.7 Å². The number of hydrogen-bond acceptors (Lipinski definition) is 4. The van der Waals surface area contributed by atoms with Crippen LogP contribution in [0.2, 0.25) is 0 Å². The van der Waals surface area contributed by atoms with E-state index < -0.39 is 28.7 Å². The largest absolute Gasteiger partial charge is 0.387 e. The topological polar surface area (TPSA) is 104 Å². The van der Waals surface area contributed by atoms with E-state index in [1.165, 1.54) is 30.3 Å². The molecular weight excluding hydrogens is 324 g/mol. The second-order valence-corrected chi connectivity index (χ2v) is 4.83. The molecule has 0 aliphatic carbocycles. The Kier molecular flexibility index (Phi) is 5.38. The minimum absolute atomic E-state index is 0.101. The predicted molar refractivity (Wildman–Crippen MR) is 81.4 cm³/mol. The lowest BCUT2D eigenvalue weighted by atomic mass is 10.1. The number of rotatable bonds is 5. The van der Waals surface area contributed by atoms with Gasteiger partial charge in [0.2, 0.25) is 0 Å². The zero-order valence-corrected chi connectivity index (χ0v) is 12.2. The molecule has 3 N–H and O–H groups in total. The third kappa shape index (κ3) is 4.46. The number of anilines is 1. The van der Waals surface area contributed by atoms with Crippen molar-refractivity contribution >= 4 is 17.4 Å². The quantitative estimate of drug-likeness (QED) is 0.576. The second kappa shape index (κ2) is 7.47. The minimum Gasteiger partial charge on any atom is -0.387 e. The van der Waals surface area contributed by atoms with Crippen molar-refractivity contribution in [3.8, 4) is 0 Å². The summed E-state index contributed by atoms with van der Waals surface area (Å²) in [6.07, 6.45) is -1.24. The van der Waals surface area contributed by atoms with Crippen molar-refractivity contribution in [2.24, 2.45) is 0 Å². The first-order valence-electron chi connectivity index (χ1n) is 6.79. The van der Waals surface area contributed by atoms with Gasteiger partial charge < -0.3 is 15.7 Å². The number of nitrogens with zero attached hydrogens (tertiary/aromatic N) is 1. The van der Waals surface area contributed by atoms with Gasteiger partial charge in [-0.3, -0.25) is 10.1 Å². The van der Waals surface area contributed by atoms with E-state index in [2.05, 4.69) is 10.6 Å². The number of nitro groups is 1. The summed E-state index contributed by atoms with van der Waals surface area (Å²) in [6.45, 7) is -0.258. The molecule has 1 atom stereocenters. The summed E-state index contributed by atoms with van der Waals surface area (Å²) in [5, 5.41) is 25.2. The summed E-state index contributed by atoms with van der Waals surface area (Å²) in [7, 11) is 0. The molecule has 0 aliphatic rings. The maximum atomic E-state index is 13.1. The zero-order valence-electron chi connectivity index (χ0n) is 12.2. The number of halogens is 2. The van der Waals surface area contributed by atoms with Gasteiger partial charge in [-0.15, -0.1) is 0 Å². The van der Waals surface area contributed by atoms with Gasteiger partial charge in [0.25, 0.3) is 5.69 Å². The third-order valence-electron chi connectivity index (χ3n) is 3.10. The standard InChI is InChI=1S/C15H13F2N3O4/c16-12-5-4-9(6-13(12)17)14(21)8-18-15(22)19-10-2-1-3-11(7-10)20(23)24/h1-7,14,21H,8H2,(H2,18,19,22)/t14-/m0/s1. The van der Waals surface area contributed by atoms with Gasteiger partial charge >= 0.3 is 6.03 Å². The van der Waals surface area contributed by atoms with Crippen LogP contribution in [0.5, 0.6) is 0 Å². The molecule has 0 bridgehead atoms. The lowest BCUT2D eigenvalue weighted by Crippen LogP contribution is -2.32. The number of urea groups is 1. The van der Waals surface area contributed by atoms with E-state index in [4.69, 9.17) is 0 Å². The molecule has 0 spiro atoms. The van der Waals surface area contributed by atoms with Crippen LogP contribution in [-0.2, 0) is 0 Å². The average Bonchev–Trinajstić information content (AvgIpc) is 2.55. The molecule has 2 aromatic rings. The summed E-state index contributed by atoms with van der Waals surface area (Å²) in [5.74, 6) is -2.14. The fraction of sp³-hybridized carbons (Fsp3) is 0.133. The summed E-state index contributed by atoms with van der Waals surface area (Å²) < 4.78 is 25.9. The molecule has 2 amide bonds. The van der Waals surface area contributed by atoms with Crippen molar-refractivity contribution in [2.45, 2.75) is 6.10 Å². The molecule has 24 heavy (non-hydrogen) atoms. The number of aliphatic hydroxyl groups is 1. The van der Waals surface area contributed by atoms with Crippen molar-refractivity contribution in [3.63, 3.8) is 0 Å². The zero-order chi connectivity index (χ0) is 17.7. The molecule has 0 aromatic heterocycles. The van der Waals surface area contributed by atoms with E-state index in [9.17, 15) is 28.8 Å². The highest BCUT2D eigenvalue weighted by molar-refractivity contribution is 5.89. The monoisotopic (exact) mass is 337 g/mol. The van der Waals surface area contributed by atoms with E-state index in [-0.39, 0.29) is 23.5 Å². The Hall–Kier alpha value is -3.07. The highest BCUT2D eigenvalue weighted by Gasteiger charge is 2.13. The van der Waals surface area contributed by atoms with Crippen molar-refractivity contribution < 1.29 is 23.6 Å². The molecule has 0 unspecified atom stereocenters. The van der Waals surface area contributed by atoms with Crippen LogP contribution < -0.4 is 10.6 Å². The number of nitro benzene ring substituents is 1. The van der Waals surface area contributed by atoms with Crippen LogP contribution in [0.4, 0.5) is 25.0 Å². The number of amides is 2.